The van der Waals surface area contributed by atoms with E-state index >= 15 is 0 Å². The molecule has 0 aliphatic carbocycles. The molecule has 0 spiro atoms. The van der Waals surface area contributed by atoms with Crippen molar-refractivity contribution in [1.29, 1.82) is 0 Å². The number of rotatable bonds is 6. The molecule has 0 radical (unpaired) electrons. The highest BCUT2D eigenvalue weighted by Crippen LogP contribution is 2.39. The Bertz CT molecular complexity index is 1420. The molecule has 0 aromatic carbocycles. The van der Waals surface area contributed by atoms with E-state index in [1.54, 1.807) is 28.9 Å². The van der Waals surface area contributed by atoms with E-state index in [2.05, 4.69) is 10.2 Å². The highest BCUT2D eigenvalue weighted by atomic mass is 32.1. The van der Waals surface area contributed by atoms with Gasteiger partial charge in [-0.1, -0.05) is 11.3 Å². The number of carbonyl (C=O) groups excluding carboxylic acids is 2. The summed E-state index contributed by atoms with van der Waals surface area (Å²) in [6.07, 6.45) is 0.536. The van der Waals surface area contributed by atoms with Crippen molar-refractivity contribution in [3.63, 3.8) is 0 Å². The van der Waals surface area contributed by atoms with Crippen LogP contribution in [0.3, 0.4) is 0 Å². The first-order valence-electron chi connectivity index (χ1n) is 11.1. The van der Waals surface area contributed by atoms with E-state index in [0.717, 1.165) is 15.7 Å². The number of fused-ring (bicyclic) bond motifs is 3. The Balaban J connectivity index is 1.45. The second-order valence-corrected chi connectivity index (χ2v) is 10.4. The van der Waals surface area contributed by atoms with E-state index < -0.39 is 6.04 Å². The molecule has 0 bridgehead atoms. The Labute approximate surface area is 208 Å². The molecule has 10 nitrogen and oxygen atoms in total. The maximum atomic E-state index is 14.8. The van der Waals surface area contributed by atoms with Crippen LogP contribution in [-0.4, -0.2) is 73.2 Å². The molecule has 4 aromatic rings. The summed E-state index contributed by atoms with van der Waals surface area (Å²) in [6.45, 7) is 4.32. The van der Waals surface area contributed by atoms with Crippen LogP contribution >= 0.6 is 22.7 Å². The first-order chi connectivity index (χ1) is 16.8. The van der Waals surface area contributed by atoms with Gasteiger partial charge in [-0.15, -0.1) is 11.3 Å². The third-order valence-electron chi connectivity index (χ3n) is 5.80. The normalized spacial score (nSPS) is 15.5. The van der Waals surface area contributed by atoms with Crippen molar-refractivity contribution in [3.05, 3.63) is 50.3 Å². The van der Waals surface area contributed by atoms with Crippen molar-refractivity contribution in [2.45, 2.75) is 32.9 Å². The third-order valence-corrected chi connectivity index (χ3v) is 7.57. The zero-order chi connectivity index (χ0) is 24.9. The standard InChI is InChI=1S/C22H24FN7O3S2/c1-5-29-17(10-15(26-29)21(32)27(3)4)33-11-16(31)28-8-6-14-18(19(28)20-13(23)7-9-34-20)30-22(24-14)35-12(2)25-30/h7,9-10,19H,5-6,8,11H2,1-4H3. The Morgan fingerprint density at radius 2 is 2.11 bits per heavy atom. The first kappa shape index (κ1) is 23.4. The number of imidazole rings is 1. The molecule has 0 saturated heterocycles. The third kappa shape index (κ3) is 4.08. The second kappa shape index (κ2) is 9.04. The molecule has 184 valence electrons. The summed E-state index contributed by atoms with van der Waals surface area (Å²) in [5, 5.41) is 11.3. The fourth-order valence-electron chi connectivity index (χ4n) is 4.19. The minimum Gasteiger partial charge on any atom is -0.468 e. The van der Waals surface area contributed by atoms with Gasteiger partial charge in [-0.2, -0.15) is 10.2 Å². The lowest BCUT2D eigenvalue weighted by Gasteiger charge is -2.34. The molecule has 0 N–H and O–H groups in total. The van der Waals surface area contributed by atoms with E-state index in [0.29, 0.717) is 36.0 Å². The molecule has 1 aliphatic heterocycles. The summed E-state index contributed by atoms with van der Waals surface area (Å²) in [6, 6.07) is 2.28. The number of thiophene rings is 1. The molecule has 1 aliphatic rings. The molecular formula is C22H24FN7O3S2. The number of halogens is 1. The lowest BCUT2D eigenvalue weighted by molar-refractivity contribution is -0.135. The summed E-state index contributed by atoms with van der Waals surface area (Å²) < 4.78 is 23.9. The fourth-order valence-corrected chi connectivity index (χ4v) is 5.84. The van der Waals surface area contributed by atoms with Gasteiger partial charge in [0.25, 0.3) is 11.8 Å². The maximum absolute atomic E-state index is 14.8. The van der Waals surface area contributed by atoms with Gasteiger partial charge in [-0.25, -0.2) is 18.6 Å². The average molecular weight is 518 g/mol. The number of hydrogen-bond acceptors (Lipinski definition) is 8. The summed E-state index contributed by atoms with van der Waals surface area (Å²) in [5.41, 5.74) is 1.77. The van der Waals surface area contributed by atoms with E-state index in [1.165, 1.54) is 44.4 Å². The molecule has 1 unspecified atom stereocenters. The number of ether oxygens (including phenoxy) is 1. The largest absolute Gasteiger partial charge is 0.468 e. The second-order valence-electron chi connectivity index (χ2n) is 8.30. The average Bonchev–Trinajstić information content (AvgIpc) is 3.59. The molecule has 5 rings (SSSR count). The van der Waals surface area contributed by atoms with Crippen LogP contribution in [0.15, 0.2) is 17.5 Å². The number of hydrogen-bond donors (Lipinski definition) is 0. The van der Waals surface area contributed by atoms with Gasteiger partial charge in [-0.05, 0) is 25.3 Å². The molecule has 35 heavy (non-hydrogen) atoms. The maximum Gasteiger partial charge on any atom is 0.273 e. The number of aryl methyl sites for hydroxylation is 2. The zero-order valence-electron chi connectivity index (χ0n) is 19.7. The van der Waals surface area contributed by atoms with Crippen molar-refractivity contribution in [3.8, 4) is 5.88 Å². The molecule has 0 fully saturated rings. The molecule has 4 aromatic heterocycles. The lowest BCUT2D eigenvalue weighted by atomic mass is 10.0. The van der Waals surface area contributed by atoms with Crippen molar-refractivity contribution in [2.24, 2.45) is 0 Å². The van der Waals surface area contributed by atoms with Crippen LogP contribution in [0.5, 0.6) is 5.88 Å². The number of amides is 2. The van der Waals surface area contributed by atoms with Gasteiger partial charge in [-0.3, -0.25) is 9.59 Å². The Morgan fingerprint density at radius 1 is 1.31 bits per heavy atom. The van der Waals surface area contributed by atoms with Crippen molar-refractivity contribution >= 4 is 39.4 Å². The molecule has 2 amide bonds. The van der Waals surface area contributed by atoms with Crippen LogP contribution in [0, 0.1) is 12.7 Å². The Kier molecular flexibility index (Phi) is 6.05. The van der Waals surface area contributed by atoms with Gasteiger partial charge in [0.15, 0.2) is 12.3 Å². The zero-order valence-corrected chi connectivity index (χ0v) is 21.3. The molecule has 13 heteroatoms. The van der Waals surface area contributed by atoms with Gasteiger partial charge in [0.1, 0.15) is 16.9 Å². The van der Waals surface area contributed by atoms with Gasteiger partial charge < -0.3 is 14.5 Å². The van der Waals surface area contributed by atoms with E-state index in [9.17, 15) is 14.0 Å². The van der Waals surface area contributed by atoms with Crippen molar-refractivity contribution in [1.82, 2.24) is 34.2 Å². The lowest BCUT2D eigenvalue weighted by Crippen LogP contribution is -2.43. The molecule has 5 heterocycles. The van der Waals surface area contributed by atoms with E-state index in [1.807, 2.05) is 13.8 Å². The van der Waals surface area contributed by atoms with Crippen molar-refractivity contribution < 1.29 is 18.7 Å². The van der Waals surface area contributed by atoms with E-state index in [4.69, 9.17) is 9.72 Å². The monoisotopic (exact) mass is 517 g/mol. The van der Waals surface area contributed by atoms with Crippen LogP contribution < -0.4 is 4.74 Å². The summed E-state index contributed by atoms with van der Waals surface area (Å²) >= 11 is 2.72. The highest BCUT2D eigenvalue weighted by Gasteiger charge is 2.39. The predicted molar refractivity (Wildman–Crippen MR) is 129 cm³/mol. The quantitative estimate of drug-likeness (QED) is 0.390. The number of nitrogens with zero attached hydrogens (tertiary/aromatic N) is 7. The minimum absolute atomic E-state index is 0.237. The van der Waals surface area contributed by atoms with Crippen molar-refractivity contribution in [2.75, 3.05) is 27.2 Å². The predicted octanol–water partition coefficient (Wildman–Crippen LogP) is 2.77. The molecule has 0 saturated carbocycles. The van der Waals surface area contributed by atoms with Crippen LogP contribution in [0.25, 0.3) is 4.96 Å². The highest BCUT2D eigenvalue weighted by molar-refractivity contribution is 7.16. The number of carbonyl (C=O) groups is 2. The summed E-state index contributed by atoms with van der Waals surface area (Å²) in [7, 11) is 3.28. The van der Waals surface area contributed by atoms with Crippen LogP contribution in [0.1, 0.15) is 44.7 Å². The number of aromatic nitrogens is 5. The molecule has 1 atom stereocenters. The summed E-state index contributed by atoms with van der Waals surface area (Å²) in [4.78, 5) is 34.6. The van der Waals surface area contributed by atoms with Gasteiger partial charge in [0, 0.05) is 39.7 Å². The van der Waals surface area contributed by atoms with E-state index in [-0.39, 0.29) is 29.9 Å². The van der Waals surface area contributed by atoms with Gasteiger partial charge >= 0.3 is 0 Å². The van der Waals surface area contributed by atoms with Gasteiger partial charge in [0.05, 0.1) is 16.3 Å². The SMILES string of the molecule is CCn1nc(C(=O)N(C)C)cc1OCC(=O)N1CCc2nc3sc(C)nn3c2C1c1sccc1F. The first-order valence-corrected chi connectivity index (χ1v) is 12.8. The van der Waals surface area contributed by atoms with Crippen LogP contribution in [0.4, 0.5) is 4.39 Å². The molecular weight excluding hydrogens is 493 g/mol. The minimum atomic E-state index is -0.659. The Hall–Kier alpha value is -3.32. The topological polar surface area (TPSA) is 97.9 Å². The summed E-state index contributed by atoms with van der Waals surface area (Å²) in [5.74, 6) is -0.609. The van der Waals surface area contributed by atoms with Crippen LogP contribution in [0.2, 0.25) is 0 Å². The van der Waals surface area contributed by atoms with Crippen LogP contribution in [-0.2, 0) is 17.8 Å². The fraction of sp³-hybridized carbons (Fsp3) is 0.409. The smallest absolute Gasteiger partial charge is 0.273 e. The Morgan fingerprint density at radius 3 is 2.80 bits per heavy atom. The van der Waals surface area contributed by atoms with Gasteiger partial charge in [0.2, 0.25) is 10.8 Å².